The molecule has 0 radical (unpaired) electrons. The van der Waals surface area contributed by atoms with Gasteiger partial charge in [0.1, 0.15) is 0 Å². The van der Waals surface area contributed by atoms with Crippen LogP contribution in [0, 0.1) is 0 Å². The fourth-order valence-corrected chi connectivity index (χ4v) is 0.811. The molecule has 0 unspecified atom stereocenters. The fraction of sp³-hybridized carbons (Fsp3) is 0.333. The molecule has 0 aliphatic heterocycles. The fourth-order valence-electron chi connectivity index (χ4n) is 0.811. The molecule has 80 valence electrons. The van der Waals surface area contributed by atoms with E-state index in [1.165, 1.54) is 0 Å². The highest BCUT2D eigenvalue weighted by Gasteiger charge is 1.95. The van der Waals surface area contributed by atoms with Gasteiger partial charge in [0, 0.05) is 7.05 Å². The van der Waals surface area contributed by atoms with E-state index >= 15 is 0 Å². The predicted octanol–water partition coefficient (Wildman–Crippen LogP) is 1.06. The summed E-state index contributed by atoms with van der Waals surface area (Å²) in [6.07, 6.45) is 4.95. The van der Waals surface area contributed by atoms with E-state index in [0.717, 1.165) is 5.69 Å². The van der Waals surface area contributed by atoms with Crippen LogP contribution in [0.4, 0.5) is 0 Å². The minimum absolute atomic E-state index is 0.442. The van der Waals surface area contributed by atoms with Crippen molar-refractivity contribution < 1.29 is 5.21 Å². The Labute approximate surface area is 87.7 Å². The normalized spacial score (nSPS) is 13.8. The second-order valence-corrected chi connectivity index (χ2v) is 3.04. The third-order valence-corrected chi connectivity index (χ3v) is 1.93. The minimum Gasteiger partial charge on any atom is -0.411 e. The van der Waals surface area contributed by atoms with Crippen molar-refractivity contribution >= 4 is 17.6 Å². The van der Waals surface area contributed by atoms with Crippen LogP contribution < -0.4 is 0 Å². The summed E-state index contributed by atoms with van der Waals surface area (Å²) in [5.74, 6) is 0. The van der Waals surface area contributed by atoms with E-state index in [1.807, 2.05) is 11.6 Å². The lowest BCUT2D eigenvalue weighted by Crippen LogP contribution is -2.04. The first-order valence-corrected chi connectivity index (χ1v) is 4.38. The molecular formula is C9H13N5O. The molecule has 6 nitrogen and oxygen atoms in total. The lowest BCUT2D eigenvalue weighted by Gasteiger charge is -1.93. The third-order valence-electron chi connectivity index (χ3n) is 1.93. The highest BCUT2D eigenvalue weighted by Crippen LogP contribution is 1.92. The second-order valence-electron chi connectivity index (χ2n) is 3.04. The van der Waals surface area contributed by atoms with Gasteiger partial charge >= 0.3 is 0 Å². The summed E-state index contributed by atoms with van der Waals surface area (Å²) in [6, 6.07) is 0. The smallest absolute Gasteiger partial charge is 0.0994 e. The molecule has 1 aromatic heterocycles. The standard InChI is InChI=1S/C9H13N5O/c1-7(8(2)13-15)12-11-5-9-4-10-6-14(9)3/h4-6,15H,1-3H3/b11-5+,12-7+,13-8+. The molecule has 0 saturated heterocycles. The number of oxime groups is 1. The zero-order valence-corrected chi connectivity index (χ0v) is 8.92. The van der Waals surface area contributed by atoms with Gasteiger partial charge in [-0.3, -0.25) is 0 Å². The molecule has 6 heteroatoms. The predicted molar refractivity (Wildman–Crippen MR) is 58.8 cm³/mol. The van der Waals surface area contributed by atoms with Gasteiger partial charge in [-0.05, 0) is 13.8 Å². The molecule has 0 spiro atoms. The summed E-state index contributed by atoms with van der Waals surface area (Å²) < 4.78 is 1.82. The summed E-state index contributed by atoms with van der Waals surface area (Å²) in [4.78, 5) is 3.93. The lowest BCUT2D eigenvalue weighted by atomic mass is 10.3. The van der Waals surface area contributed by atoms with E-state index in [1.54, 1.807) is 32.6 Å². The summed E-state index contributed by atoms with van der Waals surface area (Å²) in [5, 5.41) is 19.2. The number of imidazole rings is 1. The Morgan fingerprint density at radius 2 is 2.20 bits per heavy atom. The zero-order chi connectivity index (χ0) is 11.3. The second kappa shape index (κ2) is 5.04. The molecule has 1 N–H and O–H groups in total. The van der Waals surface area contributed by atoms with Crippen LogP contribution in [-0.4, -0.2) is 32.4 Å². The van der Waals surface area contributed by atoms with Gasteiger partial charge in [0.25, 0.3) is 0 Å². The van der Waals surface area contributed by atoms with E-state index in [0.29, 0.717) is 11.4 Å². The van der Waals surface area contributed by atoms with Gasteiger partial charge in [-0.15, -0.1) is 0 Å². The molecule has 0 aliphatic carbocycles. The summed E-state index contributed by atoms with van der Waals surface area (Å²) in [7, 11) is 1.87. The number of aromatic nitrogens is 2. The molecule has 0 amide bonds. The number of nitrogens with zero attached hydrogens (tertiary/aromatic N) is 5. The highest BCUT2D eigenvalue weighted by atomic mass is 16.4. The topological polar surface area (TPSA) is 75.1 Å². The van der Waals surface area contributed by atoms with E-state index in [-0.39, 0.29) is 0 Å². The van der Waals surface area contributed by atoms with Crippen LogP contribution in [0.2, 0.25) is 0 Å². The molecule has 1 aromatic rings. The maximum Gasteiger partial charge on any atom is 0.0994 e. The van der Waals surface area contributed by atoms with Gasteiger partial charge in [-0.2, -0.15) is 10.2 Å². The number of aryl methyl sites for hydroxylation is 1. The Bertz CT molecular complexity index is 416. The number of hydrogen-bond acceptors (Lipinski definition) is 5. The van der Waals surface area contributed by atoms with E-state index in [4.69, 9.17) is 5.21 Å². The van der Waals surface area contributed by atoms with Crippen molar-refractivity contribution in [1.29, 1.82) is 0 Å². The first-order chi connectivity index (χ1) is 7.15. The molecule has 15 heavy (non-hydrogen) atoms. The van der Waals surface area contributed by atoms with Crippen molar-refractivity contribution in [1.82, 2.24) is 9.55 Å². The molecule has 0 bridgehead atoms. The monoisotopic (exact) mass is 207 g/mol. The Balaban J connectivity index is 2.72. The zero-order valence-electron chi connectivity index (χ0n) is 8.92. The van der Waals surface area contributed by atoms with Crippen LogP contribution in [0.15, 0.2) is 27.9 Å². The highest BCUT2D eigenvalue weighted by molar-refractivity contribution is 6.40. The number of rotatable bonds is 3. The SMILES string of the molecule is CC(=N\O)/C(C)=N/N=C/c1cncn1C. The molecular weight excluding hydrogens is 194 g/mol. The van der Waals surface area contributed by atoms with Crippen molar-refractivity contribution in [3.05, 3.63) is 18.2 Å². The van der Waals surface area contributed by atoms with Crippen molar-refractivity contribution in [2.24, 2.45) is 22.4 Å². The van der Waals surface area contributed by atoms with Crippen molar-refractivity contribution in [2.75, 3.05) is 0 Å². The lowest BCUT2D eigenvalue weighted by molar-refractivity contribution is 0.320. The van der Waals surface area contributed by atoms with Crippen LogP contribution in [0.3, 0.4) is 0 Å². The maximum atomic E-state index is 8.47. The van der Waals surface area contributed by atoms with Crippen molar-refractivity contribution in [3.8, 4) is 0 Å². The van der Waals surface area contributed by atoms with Crippen LogP contribution in [0.1, 0.15) is 19.5 Å². The summed E-state index contributed by atoms with van der Waals surface area (Å²) >= 11 is 0. The first-order valence-electron chi connectivity index (χ1n) is 4.38. The third kappa shape index (κ3) is 3.01. The summed E-state index contributed by atoms with van der Waals surface area (Å²) in [6.45, 7) is 3.37. The molecule has 0 fully saturated rings. The van der Waals surface area contributed by atoms with Gasteiger partial charge in [-0.25, -0.2) is 4.98 Å². The Kier molecular flexibility index (Phi) is 3.73. The minimum atomic E-state index is 0.442. The van der Waals surface area contributed by atoms with Gasteiger partial charge < -0.3 is 9.77 Å². The summed E-state index contributed by atoms with van der Waals surface area (Å²) in [5.41, 5.74) is 1.86. The average Bonchev–Trinajstić information content (AvgIpc) is 2.63. The van der Waals surface area contributed by atoms with Crippen LogP contribution in [0.25, 0.3) is 0 Å². The Hall–Kier alpha value is -1.98. The molecule has 1 rings (SSSR count). The first kappa shape index (κ1) is 11.1. The molecule has 0 aliphatic rings. The Morgan fingerprint density at radius 3 is 2.73 bits per heavy atom. The van der Waals surface area contributed by atoms with Crippen LogP contribution in [-0.2, 0) is 7.05 Å². The van der Waals surface area contributed by atoms with Gasteiger partial charge in [0.15, 0.2) is 0 Å². The quantitative estimate of drug-likeness (QED) is 0.457. The number of hydrogen-bond donors (Lipinski definition) is 1. The van der Waals surface area contributed by atoms with Gasteiger partial charge in [0.2, 0.25) is 0 Å². The molecule has 0 saturated carbocycles. The molecule has 0 atom stereocenters. The van der Waals surface area contributed by atoms with Crippen molar-refractivity contribution in [2.45, 2.75) is 13.8 Å². The Morgan fingerprint density at radius 1 is 1.47 bits per heavy atom. The average molecular weight is 207 g/mol. The van der Waals surface area contributed by atoms with Crippen LogP contribution in [0.5, 0.6) is 0 Å². The maximum absolute atomic E-state index is 8.47. The van der Waals surface area contributed by atoms with E-state index < -0.39 is 0 Å². The largest absolute Gasteiger partial charge is 0.411 e. The van der Waals surface area contributed by atoms with Crippen molar-refractivity contribution in [3.63, 3.8) is 0 Å². The van der Waals surface area contributed by atoms with Gasteiger partial charge in [-0.1, -0.05) is 5.16 Å². The van der Waals surface area contributed by atoms with Crippen LogP contribution >= 0.6 is 0 Å². The van der Waals surface area contributed by atoms with E-state index in [9.17, 15) is 0 Å². The molecule has 1 heterocycles. The van der Waals surface area contributed by atoms with Gasteiger partial charge in [0.05, 0.1) is 35.9 Å². The van der Waals surface area contributed by atoms with E-state index in [2.05, 4.69) is 20.3 Å². The molecule has 0 aromatic carbocycles.